The second-order valence-electron chi connectivity index (χ2n) is 2.59. The molecule has 0 fully saturated rings. The Morgan fingerprint density at radius 2 is 2.17 bits per heavy atom. The molecular weight excluding hydrogens is 169 g/mol. The molecule has 0 N–H and O–H groups in total. The Bertz CT molecular complexity index is 264. The van der Waals surface area contributed by atoms with Crippen molar-refractivity contribution < 1.29 is 13.2 Å². The Balaban J connectivity index is 2.92. The van der Waals surface area contributed by atoms with Gasteiger partial charge >= 0.3 is 6.18 Å². The molecule has 0 aliphatic rings. The predicted octanol–water partition coefficient (Wildman–Crippen LogP) is 1.89. The summed E-state index contributed by atoms with van der Waals surface area (Å²) in [5.74, 6) is -1.48. The number of halogens is 3. The first-order valence-electron chi connectivity index (χ1n) is 3.39. The van der Waals surface area contributed by atoms with Gasteiger partial charge in [0.15, 0.2) is 0 Å². The van der Waals surface area contributed by atoms with E-state index in [1.807, 2.05) is 0 Å². The van der Waals surface area contributed by atoms with Crippen molar-refractivity contribution in [3.63, 3.8) is 0 Å². The molecule has 0 saturated heterocycles. The molecule has 0 aliphatic heterocycles. The van der Waals surface area contributed by atoms with Crippen molar-refractivity contribution in [3.05, 3.63) is 18.0 Å². The fraction of sp³-hybridized carbons (Fsp3) is 0.571. The molecule has 0 saturated carbocycles. The van der Waals surface area contributed by atoms with Crippen molar-refractivity contribution >= 4 is 0 Å². The molecule has 2 nitrogen and oxygen atoms in total. The molecule has 1 atom stereocenters. The van der Waals surface area contributed by atoms with Crippen LogP contribution in [0, 0.1) is 6.20 Å². The number of rotatable bonds is 1. The maximum Gasteiger partial charge on any atom is 0.396 e. The van der Waals surface area contributed by atoms with Crippen LogP contribution in [-0.4, -0.2) is 16.0 Å². The lowest BCUT2D eigenvalue weighted by molar-refractivity contribution is -0.147. The summed E-state index contributed by atoms with van der Waals surface area (Å²) >= 11 is 0. The predicted molar refractivity (Wildman–Crippen MR) is 36.5 cm³/mol. The first-order valence-corrected chi connectivity index (χ1v) is 3.39. The van der Waals surface area contributed by atoms with Crippen molar-refractivity contribution in [3.8, 4) is 0 Å². The molecule has 67 valence electrons. The van der Waals surface area contributed by atoms with E-state index in [-0.39, 0.29) is 5.69 Å². The number of hydrogen-bond acceptors (Lipinski definition) is 1. The van der Waals surface area contributed by atoms with Gasteiger partial charge in [-0.2, -0.15) is 18.3 Å². The largest absolute Gasteiger partial charge is 0.396 e. The van der Waals surface area contributed by atoms with Crippen LogP contribution in [0.5, 0.6) is 0 Å². The van der Waals surface area contributed by atoms with E-state index in [1.54, 1.807) is 0 Å². The monoisotopic (exact) mass is 177 g/mol. The first-order chi connectivity index (χ1) is 5.43. The Hall–Kier alpha value is -1.00. The quantitative estimate of drug-likeness (QED) is 0.640. The highest BCUT2D eigenvalue weighted by Crippen LogP contribution is 2.33. The van der Waals surface area contributed by atoms with Gasteiger partial charge in [0, 0.05) is 7.05 Å². The van der Waals surface area contributed by atoms with Gasteiger partial charge in [0.2, 0.25) is 0 Å². The molecule has 1 rings (SSSR count). The van der Waals surface area contributed by atoms with Gasteiger partial charge in [-0.3, -0.25) is 4.68 Å². The molecule has 1 radical (unpaired) electrons. The van der Waals surface area contributed by atoms with Crippen molar-refractivity contribution in [2.75, 3.05) is 0 Å². The number of aryl methyl sites for hydroxylation is 1. The zero-order valence-corrected chi connectivity index (χ0v) is 6.68. The standard InChI is InChI=1S/C7H8F3N2/c1-5(7(8,9)10)6-3-4-11-12(6)2/h3,5H,1-2H3. The van der Waals surface area contributed by atoms with Crippen LogP contribution in [0.4, 0.5) is 13.2 Å². The smallest absolute Gasteiger partial charge is 0.271 e. The second-order valence-corrected chi connectivity index (χ2v) is 2.59. The summed E-state index contributed by atoms with van der Waals surface area (Å²) in [6, 6.07) is 1.25. The molecule has 0 aromatic carbocycles. The van der Waals surface area contributed by atoms with Crippen LogP contribution in [0.2, 0.25) is 0 Å². The Kier molecular flexibility index (Phi) is 2.12. The highest BCUT2D eigenvalue weighted by Gasteiger charge is 2.38. The molecule has 1 unspecified atom stereocenters. The zero-order chi connectivity index (χ0) is 9.35. The summed E-state index contributed by atoms with van der Waals surface area (Å²) in [6.45, 7) is 1.10. The Labute approximate surface area is 68.0 Å². The molecule has 0 spiro atoms. The maximum absolute atomic E-state index is 12.1. The molecule has 1 aromatic heterocycles. The van der Waals surface area contributed by atoms with Crippen LogP contribution in [0.25, 0.3) is 0 Å². The zero-order valence-electron chi connectivity index (χ0n) is 6.68. The Morgan fingerprint density at radius 1 is 1.58 bits per heavy atom. The number of nitrogens with zero attached hydrogens (tertiary/aromatic N) is 2. The molecule has 0 amide bonds. The van der Waals surface area contributed by atoms with Crippen LogP contribution in [0.15, 0.2) is 6.07 Å². The third kappa shape index (κ3) is 1.60. The number of aromatic nitrogens is 2. The number of hydrogen-bond donors (Lipinski definition) is 0. The molecule has 1 heterocycles. The summed E-state index contributed by atoms with van der Waals surface area (Å²) in [6.07, 6.45) is -1.84. The minimum atomic E-state index is -4.21. The van der Waals surface area contributed by atoms with Crippen LogP contribution in [-0.2, 0) is 7.05 Å². The van der Waals surface area contributed by atoms with Gasteiger partial charge in [-0.05, 0) is 13.0 Å². The summed E-state index contributed by atoms with van der Waals surface area (Å²) in [5, 5.41) is 3.54. The summed E-state index contributed by atoms with van der Waals surface area (Å²) < 4.78 is 37.6. The van der Waals surface area contributed by atoms with Crippen molar-refractivity contribution in [2.24, 2.45) is 7.05 Å². The van der Waals surface area contributed by atoms with Crippen LogP contribution in [0.3, 0.4) is 0 Å². The van der Waals surface area contributed by atoms with Crippen LogP contribution in [0.1, 0.15) is 18.5 Å². The SMILES string of the molecule is CC(c1c[c]nn1C)C(F)(F)F. The minimum absolute atomic E-state index is 0.127. The lowest BCUT2D eigenvalue weighted by Crippen LogP contribution is -2.20. The van der Waals surface area contributed by atoms with Gasteiger partial charge in [-0.25, -0.2) is 0 Å². The fourth-order valence-corrected chi connectivity index (χ4v) is 0.906. The first kappa shape index (κ1) is 9.09. The van der Waals surface area contributed by atoms with Gasteiger partial charge in [0.05, 0.1) is 11.6 Å². The van der Waals surface area contributed by atoms with E-state index in [2.05, 4.69) is 11.3 Å². The van der Waals surface area contributed by atoms with Crippen LogP contribution < -0.4 is 0 Å². The molecule has 0 bridgehead atoms. The van der Waals surface area contributed by atoms with Gasteiger partial charge in [0.1, 0.15) is 6.20 Å². The third-order valence-corrected chi connectivity index (χ3v) is 1.73. The van der Waals surface area contributed by atoms with Crippen molar-refractivity contribution in [1.82, 2.24) is 9.78 Å². The summed E-state index contributed by atoms with van der Waals surface area (Å²) in [5.41, 5.74) is 0.127. The average Bonchev–Trinajstić information content (AvgIpc) is 2.31. The van der Waals surface area contributed by atoms with Crippen molar-refractivity contribution in [2.45, 2.75) is 19.0 Å². The maximum atomic E-state index is 12.1. The van der Waals surface area contributed by atoms with Crippen molar-refractivity contribution in [1.29, 1.82) is 0 Å². The molecule has 0 aliphatic carbocycles. The van der Waals surface area contributed by atoms with E-state index in [4.69, 9.17) is 0 Å². The fourth-order valence-electron chi connectivity index (χ4n) is 0.906. The topological polar surface area (TPSA) is 17.8 Å². The molecular formula is C7H8F3N2. The minimum Gasteiger partial charge on any atom is -0.271 e. The molecule has 5 heteroatoms. The molecule has 1 aromatic rings. The van der Waals surface area contributed by atoms with Crippen LogP contribution >= 0.6 is 0 Å². The lowest BCUT2D eigenvalue weighted by atomic mass is 10.1. The third-order valence-electron chi connectivity index (χ3n) is 1.73. The lowest BCUT2D eigenvalue weighted by Gasteiger charge is -2.15. The van der Waals surface area contributed by atoms with Gasteiger partial charge in [-0.1, -0.05) is 0 Å². The van der Waals surface area contributed by atoms with Gasteiger partial charge in [0.25, 0.3) is 0 Å². The summed E-state index contributed by atoms with van der Waals surface area (Å²) in [4.78, 5) is 0. The van der Waals surface area contributed by atoms with E-state index in [1.165, 1.54) is 17.8 Å². The average molecular weight is 177 g/mol. The summed E-state index contributed by atoms with van der Waals surface area (Å²) in [7, 11) is 1.47. The number of alkyl halides is 3. The van der Waals surface area contributed by atoms with E-state index in [9.17, 15) is 13.2 Å². The molecule has 12 heavy (non-hydrogen) atoms. The highest BCUT2D eigenvalue weighted by atomic mass is 19.4. The Morgan fingerprint density at radius 3 is 2.50 bits per heavy atom. The van der Waals surface area contributed by atoms with Gasteiger partial charge in [-0.15, -0.1) is 0 Å². The van der Waals surface area contributed by atoms with E-state index in [0.717, 1.165) is 6.92 Å². The highest BCUT2D eigenvalue weighted by molar-refractivity contribution is 5.07. The van der Waals surface area contributed by atoms with Gasteiger partial charge < -0.3 is 0 Å². The normalized spacial score (nSPS) is 14.8. The van der Waals surface area contributed by atoms with E-state index in [0.29, 0.717) is 0 Å². The van der Waals surface area contributed by atoms with E-state index >= 15 is 0 Å². The van der Waals surface area contributed by atoms with E-state index < -0.39 is 12.1 Å². The second kappa shape index (κ2) is 2.80.